The van der Waals surface area contributed by atoms with Crippen molar-refractivity contribution in [1.29, 1.82) is 5.26 Å². The minimum atomic E-state index is -0.206. The molecule has 1 aliphatic heterocycles. The fraction of sp³-hybridized carbons (Fsp3) is 0.500. The van der Waals surface area contributed by atoms with Crippen molar-refractivity contribution in [3.63, 3.8) is 0 Å². The zero-order chi connectivity index (χ0) is 14.0. The molecule has 1 aromatic carbocycles. The van der Waals surface area contributed by atoms with Crippen molar-refractivity contribution < 1.29 is 4.74 Å². The summed E-state index contributed by atoms with van der Waals surface area (Å²) in [6, 6.07) is 8.99. The predicted molar refractivity (Wildman–Crippen MR) is 75.2 cm³/mol. The van der Waals surface area contributed by atoms with Gasteiger partial charge in [-0.2, -0.15) is 5.26 Å². The predicted octanol–water partition coefficient (Wildman–Crippen LogP) is 2.45. The number of fused-ring (bicyclic) bond motifs is 1. The van der Waals surface area contributed by atoms with Crippen LogP contribution in [0.4, 0.5) is 0 Å². The van der Waals surface area contributed by atoms with Crippen molar-refractivity contribution in [2.45, 2.75) is 25.2 Å². The molecule has 0 amide bonds. The fourth-order valence-electron chi connectivity index (χ4n) is 3.47. The third-order valence-electron chi connectivity index (χ3n) is 5.23. The van der Waals surface area contributed by atoms with Gasteiger partial charge in [-0.05, 0) is 37.5 Å². The van der Waals surface area contributed by atoms with Crippen molar-refractivity contribution in [2.75, 3.05) is 13.2 Å². The molecule has 0 atom stereocenters. The van der Waals surface area contributed by atoms with E-state index >= 15 is 0 Å². The second-order valence-electron chi connectivity index (χ2n) is 6.19. The highest BCUT2D eigenvalue weighted by molar-refractivity contribution is 5.77. The Kier molecular flexibility index (Phi) is 2.16. The molecular weight excluding hydrogens is 250 g/mol. The van der Waals surface area contributed by atoms with Crippen LogP contribution in [0.25, 0.3) is 11.0 Å². The Morgan fingerprint density at radius 3 is 2.65 bits per heavy atom. The number of nitrogens with zero attached hydrogens (tertiary/aromatic N) is 3. The molecule has 0 unspecified atom stereocenters. The van der Waals surface area contributed by atoms with Crippen LogP contribution in [0.5, 0.6) is 0 Å². The van der Waals surface area contributed by atoms with Crippen LogP contribution in [0.2, 0.25) is 0 Å². The zero-order valence-corrected chi connectivity index (χ0v) is 11.8. The third-order valence-corrected chi connectivity index (χ3v) is 5.23. The molecule has 1 aliphatic carbocycles. The van der Waals surface area contributed by atoms with E-state index in [0.29, 0.717) is 13.2 Å². The van der Waals surface area contributed by atoms with Crippen molar-refractivity contribution in [3.8, 4) is 6.07 Å². The van der Waals surface area contributed by atoms with Gasteiger partial charge >= 0.3 is 0 Å². The highest BCUT2D eigenvalue weighted by atomic mass is 16.5. The largest absolute Gasteiger partial charge is 0.379 e. The summed E-state index contributed by atoms with van der Waals surface area (Å²) < 4.78 is 7.58. The van der Waals surface area contributed by atoms with E-state index < -0.39 is 0 Å². The van der Waals surface area contributed by atoms with E-state index in [0.717, 1.165) is 29.7 Å². The lowest BCUT2D eigenvalue weighted by Crippen LogP contribution is -2.53. The molecule has 1 saturated carbocycles. The van der Waals surface area contributed by atoms with Crippen LogP contribution in [-0.4, -0.2) is 22.8 Å². The van der Waals surface area contributed by atoms with Crippen LogP contribution in [0.15, 0.2) is 18.2 Å². The molecule has 20 heavy (non-hydrogen) atoms. The van der Waals surface area contributed by atoms with Gasteiger partial charge in [-0.25, -0.2) is 4.98 Å². The Hall–Kier alpha value is -1.86. The number of aromatic nitrogens is 2. The quantitative estimate of drug-likeness (QED) is 0.839. The number of hydrogen-bond donors (Lipinski definition) is 0. The van der Waals surface area contributed by atoms with Crippen molar-refractivity contribution in [2.24, 2.45) is 12.5 Å². The molecule has 1 saturated heterocycles. The molecule has 4 heteroatoms. The average Bonchev–Trinajstić information content (AvgIpc) is 3.13. The van der Waals surface area contributed by atoms with Crippen molar-refractivity contribution in [3.05, 3.63) is 29.6 Å². The van der Waals surface area contributed by atoms with Gasteiger partial charge < -0.3 is 9.30 Å². The Labute approximate surface area is 118 Å². The normalized spacial score (nSPS) is 22.2. The number of aryl methyl sites for hydroxylation is 2. The number of nitriles is 1. The van der Waals surface area contributed by atoms with Gasteiger partial charge in [0.05, 0.1) is 41.1 Å². The van der Waals surface area contributed by atoms with E-state index in [9.17, 15) is 5.26 Å². The van der Waals surface area contributed by atoms with Crippen LogP contribution >= 0.6 is 0 Å². The second-order valence-corrected chi connectivity index (χ2v) is 6.19. The van der Waals surface area contributed by atoms with Gasteiger partial charge in [0.25, 0.3) is 0 Å². The molecule has 4 nitrogen and oxygen atoms in total. The van der Waals surface area contributed by atoms with Gasteiger partial charge in [-0.3, -0.25) is 0 Å². The molecule has 2 aliphatic rings. The lowest BCUT2D eigenvalue weighted by Gasteiger charge is -2.45. The lowest BCUT2D eigenvalue weighted by atomic mass is 9.66. The maximum atomic E-state index is 9.55. The molecular formula is C16H17N3O. The van der Waals surface area contributed by atoms with Crippen LogP contribution < -0.4 is 0 Å². The molecule has 4 rings (SSSR count). The second kappa shape index (κ2) is 3.62. The van der Waals surface area contributed by atoms with E-state index in [-0.39, 0.29) is 10.8 Å². The van der Waals surface area contributed by atoms with Crippen LogP contribution in [0.1, 0.15) is 24.2 Å². The molecule has 0 bridgehead atoms. The molecule has 0 N–H and O–H groups in total. The Morgan fingerprint density at radius 2 is 2.10 bits per heavy atom. The molecule has 2 fully saturated rings. The SMILES string of the molecule is Cc1nc2cc(C3(C4(C#N)CC4)COC3)ccc2n1C. The van der Waals surface area contributed by atoms with Gasteiger partial charge in [-0.15, -0.1) is 0 Å². The maximum absolute atomic E-state index is 9.55. The van der Waals surface area contributed by atoms with Gasteiger partial charge in [-0.1, -0.05) is 6.07 Å². The summed E-state index contributed by atoms with van der Waals surface area (Å²) in [6.45, 7) is 3.34. The van der Waals surface area contributed by atoms with E-state index in [4.69, 9.17) is 4.74 Å². The van der Waals surface area contributed by atoms with Gasteiger partial charge in [0.1, 0.15) is 5.82 Å². The first-order valence-electron chi connectivity index (χ1n) is 7.04. The average molecular weight is 267 g/mol. The standard InChI is InChI=1S/C16H17N3O/c1-11-18-13-7-12(3-4-14(13)19(11)2)16(9-20-10-16)15(8-17)5-6-15/h3-4,7H,5-6,9-10H2,1-2H3. The van der Waals surface area contributed by atoms with Gasteiger partial charge in [0.15, 0.2) is 0 Å². The van der Waals surface area contributed by atoms with E-state index in [1.165, 1.54) is 5.56 Å². The number of hydrogen-bond acceptors (Lipinski definition) is 3. The summed E-state index contributed by atoms with van der Waals surface area (Å²) in [6.07, 6.45) is 1.98. The number of imidazole rings is 1. The highest BCUT2D eigenvalue weighted by Crippen LogP contribution is 2.62. The Bertz CT molecular complexity index is 745. The number of rotatable bonds is 2. The van der Waals surface area contributed by atoms with Crippen LogP contribution in [-0.2, 0) is 17.2 Å². The lowest BCUT2D eigenvalue weighted by molar-refractivity contribution is -0.0866. The summed E-state index contributed by atoms with van der Waals surface area (Å²) in [4.78, 5) is 4.61. The van der Waals surface area contributed by atoms with Crippen LogP contribution in [0, 0.1) is 23.7 Å². The van der Waals surface area contributed by atoms with E-state index in [1.54, 1.807) is 0 Å². The smallest absolute Gasteiger partial charge is 0.106 e. The van der Waals surface area contributed by atoms with E-state index in [1.807, 2.05) is 14.0 Å². The number of benzene rings is 1. The van der Waals surface area contributed by atoms with Gasteiger partial charge in [0, 0.05) is 7.05 Å². The molecule has 0 radical (unpaired) electrons. The first-order valence-corrected chi connectivity index (χ1v) is 7.04. The number of ether oxygens (including phenoxy) is 1. The topological polar surface area (TPSA) is 50.8 Å². The van der Waals surface area contributed by atoms with E-state index in [2.05, 4.69) is 33.8 Å². The summed E-state index contributed by atoms with van der Waals surface area (Å²) in [5.41, 5.74) is 3.06. The monoisotopic (exact) mass is 267 g/mol. The minimum absolute atomic E-state index is 0.110. The molecule has 2 heterocycles. The molecule has 0 spiro atoms. The van der Waals surface area contributed by atoms with Crippen molar-refractivity contribution >= 4 is 11.0 Å². The summed E-state index contributed by atoms with van der Waals surface area (Å²) in [5.74, 6) is 1.01. The fourth-order valence-corrected chi connectivity index (χ4v) is 3.47. The summed E-state index contributed by atoms with van der Waals surface area (Å²) >= 11 is 0. The molecule has 102 valence electrons. The third kappa shape index (κ3) is 1.26. The first kappa shape index (κ1) is 11.9. The molecule has 1 aromatic heterocycles. The maximum Gasteiger partial charge on any atom is 0.106 e. The highest BCUT2D eigenvalue weighted by Gasteiger charge is 2.64. The summed E-state index contributed by atoms with van der Waals surface area (Å²) in [5, 5.41) is 9.55. The Morgan fingerprint density at radius 1 is 1.35 bits per heavy atom. The Balaban J connectivity index is 1.88. The molecule has 2 aromatic rings. The summed E-state index contributed by atoms with van der Waals surface area (Å²) in [7, 11) is 2.03. The zero-order valence-electron chi connectivity index (χ0n) is 11.8. The first-order chi connectivity index (χ1) is 9.62. The van der Waals surface area contributed by atoms with Crippen molar-refractivity contribution in [1.82, 2.24) is 9.55 Å². The van der Waals surface area contributed by atoms with Gasteiger partial charge in [0.2, 0.25) is 0 Å². The van der Waals surface area contributed by atoms with Crippen LogP contribution in [0.3, 0.4) is 0 Å². The minimum Gasteiger partial charge on any atom is -0.379 e.